The van der Waals surface area contributed by atoms with Crippen LogP contribution in [0.4, 0.5) is 5.69 Å². The zero-order valence-corrected chi connectivity index (χ0v) is 10.5. The largest absolute Gasteiger partial charge is 0.389 e. The first kappa shape index (κ1) is 12.4. The van der Waals surface area contributed by atoms with E-state index in [1.807, 2.05) is 24.3 Å². The van der Waals surface area contributed by atoms with Gasteiger partial charge < -0.3 is 15.2 Å². The fourth-order valence-electron chi connectivity index (χ4n) is 2.29. The van der Waals surface area contributed by atoms with Gasteiger partial charge in [0.1, 0.15) is 0 Å². The van der Waals surface area contributed by atoms with Gasteiger partial charge in [0.25, 0.3) is 0 Å². The summed E-state index contributed by atoms with van der Waals surface area (Å²) in [4.78, 5) is 0. The Hall–Kier alpha value is -1.06. The number of hydrogen-bond donors (Lipinski definition) is 2. The van der Waals surface area contributed by atoms with Crippen LogP contribution in [-0.4, -0.2) is 24.4 Å². The highest BCUT2D eigenvalue weighted by Crippen LogP contribution is 2.26. The van der Waals surface area contributed by atoms with Crippen LogP contribution >= 0.6 is 0 Å². The van der Waals surface area contributed by atoms with Crippen LogP contribution in [0, 0.1) is 5.92 Å². The van der Waals surface area contributed by atoms with Crippen molar-refractivity contribution in [1.29, 1.82) is 0 Å². The van der Waals surface area contributed by atoms with Gasteiger partial charge in [-0.25, -0.2) is 0 Å². The molecule has 0 aromatic heterocycles. The fourth-order valence-corrected chi connectivity index (χ4v) is 2.29. The summed E-state index contributed by atoms with van der Waals surface area (Å²) in [7, 11) is 0. The molecule has 0 bridgehead atoms. The summed E-state index contributed by atoms with van der Waals surface area (Å²) in [6.07, 6.45) is 0.587. The molecule has 3 unspecified atom stereocenters. The number of hydrogen-bond acceptors (Lipinski definition) is 3. The third-order valence-corrected chi connectivity index (χ3v) is 3.39. The van der Waals surface area contributed by atoms with Crippen LogP contribution in [0.5, 0.6) is 0 Å². The molecule has 2 N–H and O–H groups in total. The Kier molecular flexibility index (Phi) is 4.02. The van der Waals surface area contributed by atoms with Gasteiger partial charge in [-0.05, 0) is 25.3 Å². The molecule has 2 rings (SSSR count). The Morgan fingerprint density at radius 2 is 2.18 bits per heavy atom. The van der Waals surface area contributed by atoms with Crippen molar-refractivity contribution >= 4 is 5.69 Å². The van der Waals surface area contributed by atoms with Crippen molar-refractivity contribution in [3.8, 4) is 0 Å². The topological polar surface area (TPSA) is 41.5 Å². The van der Waals surface area contributed by atoms with E-state index in [9.17, 15) is 5.11 Å². The summed E-state index contributed by atoms with van der Waals surface area (Å²) >= 11 is 0. The Balaban J connectivity index is 2.12. The first-order valence-corrected chi connectivity index (χ1v) is 6.29. The van der Waals surface area contributed by atoms with Crippen molar-refractivity contribution in [2.45, 2.75) is 32.4 Å². The third kappa shape index (κ3) is 2.99. The zero-order valence-electron chi connectivity index (χ0n) is 10.5. The molecule has 1 aromatic rings. The van der Waals surface area contributed by atoms with E-state index in [0.717, 1.165) is 30.9 Å². The Bertz CT molecular complexity index is 365. The normalized spacial score (nSPS) is 26.5. The minimum Gasteiger partial charge on any atom is -0.389 e. The first-order valence-electron chi connectivity index (χ1n) is 6.29. The predicted molar refractivity (Wildman–Crippen MR) is 69.1 cm³/mol. The summed E-state index contributed by atoms with van der Waals surface area (Å²) in [5.74, 6) is 0.505. The quantitative estimate of drug-likeness (QED) is 0.846. The molecule has 3 nitrogen and oxygen atoms in total. The van der Waals surface area contributed by atoms with Crippen molar-refractivity contribution in [1.82, 2.24) is 0 Å². The minimum atomic E-state index is -0.436. The summed E-state index contributed by atoms with van der Waals surface area (Å²) in [5.41, 5.74) is 2.01. The Morgan fingerprint density at radius 3 is 2.88 bits per heavy atom. The van der Waals surface area contributed by atoms with Gasteiger partial charge in [-0.1, -0.05) is 25.1 Å². The molecule has 17 heavy (non-hydrogen) atoms. The van der Waals surface area contributed by atoms with Crippen LogP contribution < -0.4 is 5.32 Å². The molecule has 1 aromatic carbocycles. The van der Waals surface area contributed by atoms with Crippen LogP contribution in [0.1, 0.15) is 31.9 Å². The average Bonchev–Trinajstić information content (AvgIpc) is 2.32. The zero-order chi connectivity index (χ0) is 12.3. The lowest BCUT2D eigenvalue weighted by Gasteiger charge is -2.31. The third-order valence-electron chi connectivity index (χ3n) is 3.39. The van der Waals surface area contributed by atoms with E-state index in [0.29, 0.717) is 12.0 Å². The number of anilines is 1. The van der Waals surface area contributed by atoms with E-state index < -0.39 is 6.10 Å². The van der Waals surface area contributed by atoms with Gasteiger partial charge in [0, 0.05) is 23.9 Å². The van der Waals surface area contributed by atoms with Gasteiger partial charge in [-0.15, -0.1) is 0 Å². The second-order valence-electron chi connectivity index (χ2n) is 4.85. The maximum atomic E-state index is 9.74. The lowest BCUT2D eigenvalue weighted by atomic mass is 9.96. The number of para-hydroxylation sites is 1. The van der Waals surface area contributed by atoms with Crippen LogP contribution in [-0.2, 0) is 4.74 Å². The summed E-state index contributed by atoms with van der Waals surface area (Å²) in [5, 5.41) is 13.3. The molecular formula is C14H21NO2. The standard InChI is InChI=1S/C14H21NO2/c1-10-9-17-8-7-13(10)15-14-6-4-3-5-12(14)11(2)16/h3-6,10-11,13,15-16H,7-9H2,1-2H3. The lowest BCUT2D eigenvalue weighted by molar-refractivity contribution is 0.0537. The molecular weight excluding hydrogens is 214 g/mol. The summed E-state index contributed by atoms with van der Waals surface area (Å²) in [6, 6.07) is 8.39. The molecule has 94 valence electrons. The predicted octanol–water partition coefficient (Wildman–Crippen LogP) is 2.58. The Morgan fingerprint density at radius 1 is 1.41 bits per heavy atom. The van der Waals surface area contributed by atoms with E-state index in [1.165, 1.54) is 0 Å². The van der Waals surface area contributed by atoms with Crippen molar-refractivity contribution in [2.24, 2.45) is 5.92 Å². The second kappa shape index (κ2) is 5.52. The monoisotopic (exact) mass is 235 g/mol. The highest BCUT2D eigenvalue weighted by molar-refractivity contribution is 5.52. The number of rotatable bonds is 3. The van der Waals surface area contributed by atoms with Crippen LogP contribution in [0.15, 0.2) is 24.3 Å². The molecule has 0 spiro atoms. The van der Waals surface area contributed by atoms with E-state index in [-0.39, 0.29) is 0 Å². The van der Waals surface area contributed by atoms with Crippen molar-refractivity contribution < 1.29 is 9.84 Å². The van der Waals surface area contributed by atoms with Crippen LogP contribution in [0.2, 0.25) is 0 Å². The minimum absolute atomic E-state index is 0.434. The smallest absolute Gasteiger partial charge is 0.0781 e. The molecule has 1 heterocycles. The van der Waals surface area contributed by atoms with E-state index >= 15 is 0 Å². The van der Waals surface area contributed by atoms with Gasteiger partial charge in [-0.3, -0.25) is 0 Å². The van der Waals surface area contributed by atoms with Crippen LogP contribution in [0.25, 0.3) is 0 Å². The van der Waals surface area contributed by atoms with Crippen molar-refractivity contribution in [3.05, 3.63) is 29.8 Å². The molecule has 3 heteroatoms. The number of nitrogens with one attached hydrogen (secondary N) is 1. The highest BCUT2D eigenvalue weighted by Gasteiger charge is 2.22. The highest BCUT2D eigenvalue weighted by atomic mass is 16.5. The molecule has 0 saturated carbocycles. The number of aliphatic hydroxyl groups excluding tert-OH is 1. The molecule has 1 aliphatic heterocycles. The van der Waals surface area contributed by atoms with Crippen molar-refractivity contribution in [3.63, 3.8) is 0 Å². The molecule has 1 saturated heterocycles. The molecule has 0 radical (unpaired) electrons. The Labute approximate surface area is 103 Å². The molecule has 1 fully saturated rings. The second-order valence-corrected chi connectivity index (χ2v) is 4.85. The summed E-state index contributed by atoms with van der Waals surface area (Å²) in [6.45, 7) is 5.63. The number of aliphatic hydroxyl groups is 1. The number of benzene rings is 1. The van der Waals surface area contributed by atoms with E-state index in [4.69, 9.17) is 4.74 Å². The van der Waals surface area contributed by atoms with Gasteiger partial charge in [-0.2, -0.15) is 0 Å². The fraction of sp³-hybridized carbons (Fsp3) is 0.571. The van der Waals surface area contributed by atoms with E-state index in [2.05, 4.69) is 12.2 Å². The first-order chi connectivity index (χ1) is 8.18. The van der Waals surface area contributed by atoms with E-state index in [1.54, 1.807) is 6.92 Å². The van der Waals surface area contributed by atoms with Crippen LogP contribution in [0.3, 0.4) is 0 Å². The average molecular weight is 235 g/mol. The van der Waals surface area contributed by atoms with Gasteiger partial charge in [0.2, 0.25) is 0 Å². The SMILES string of the molecule is CC(O)c1ccccc1NC1CCOCC1C. The maximum absolute atomic E-state index is 9.74. The number of ether oxygens (including phenoxy) is 1. The van der Waals surface area contributed by atoms with Gasteiger partial charge >= 0.3 is 0 Å². The molecule has 0 aliphatic carbocycles. The molecule has 3 atom stereocenters. The molecule has 1 aliphatic rings. The summed E-state index contributed by atoms with van der Waals surface area (Å²) < 4.78 is 5.44. The maximum Gasteiger partial charge on any atom is 0.0781 e. The van der Waals surface area contributed by atoms with Crippen molar-refractivity contribution in [2.75, 3.05) is 18.5 Å². The molecule has 0 amide bonds. The van der Waals surface area contributed by atoms with Gasteiger partial charge in [0.05, 0.1) is 12.7 Å². The van der Waals surface area contributed by atoms with Gasteiger partial charge in [0.15, 0.2) is 0 Å². The lowest BCUT2D eigenvalue weighted by Crippen LogP contribution is -2.36.